The molecule has 0 aliphatic rings. The van der Waals surface area contributed by atoms with E-state index in [0.717, 1.165) is 10.4 Å². The van der Waals surface area contributed by atoms with Gasteiger partial charge in [-0.3, -0.25) is 4.72 Å². The summed E-state index contributed by atoms with van der Waals surface area (Å²) in [4.78, 5) is 5.12. The van der Waals surface area contributed by atoms with Gasteiger partial charge in [0.2, 0.25) is 0 Å². The highest BCUT2D eigenvalue weighted by molar-refractivity contribution is 7.94. The van der Waals surface area contributed by atoms with E-state index >= 15 is 0 Å². The highest BCUT2D eigenvalue weighted by Crippen LogP contribution is 2.23. The van der Waals surface area contributed by atoms with E-state index in [2.05, 4.69) is 15.0 Å². The Morgan fingerprint density at radius 1 is 1.08 bits per heavy atom. The van der Waals surface area contributed by atoms with Crippen LogP contribution in [0.25, 0.3) is 0 Å². The van der Waals surface area contributed by atoms with Crippen LogP contribution in [0.15, 0.2) is 58.9 Å². The summed E-state index contributed by atoms with van der Waals surface area (Å²) >= 11 is 1.21. The number of halogens is 1. The van der Waals surface area contributed by atoms with Crippen LogP contribution in [0.1, 0.15) is 10.4 Å². The van der Waals surface area contributed by atoms with E-state index in [0.29, 0.717) is 18.1 Å². The molecule has 2 heterocycles. The van der Waals surface area contributed by atoms with Gasteiger partial charge >= 0.3 is 0 Å². The lowest BCUT2D eigenvalue weighted by Gasteiger charge is -2.08. The van der Waals surface area contributed by atoms with Gasteiger partial charge in [0.05, 0.1) is 11.9 Å². The molecule has 25 heavy (non-hydrogen) atoms. The number of rotatable bonds is 6. The van der Waals surface area contributed by atoms with Crippen LogP contribution in [0.3, 0.4) is 0 Å². The van der Waals surface area contributed by atoms with Gasteiger partial charge in [-0.05, 0) is 48.9 Å². The zero-order valence-electron chi connectivity index (χ0n) is 13.4. The molecule has 3 aromatic rings. The Morgan fingerprint density at radius 2 is 1.84 bits per heavy atom. The van der Waals surface area contributed by atoms with Gasteiger partial charge in [-0.25, -0.2) is 17.8 Å². The Morgan fingerprint density at radius 3 is 2.44 bits per heavy atom. The van der Waals surface area contributed by atoms with Crippen LogP contribution in [0, 0.1) is 12.7 Å². The van der Waals surface area contributed by atoms with Crippen LogP contribution in [0.2, 0.25) is 0 Å². The fourth-order valence-electron chi connectivity index (χ4n) is 2.12. The van der Waals surface area contributed by atoms with Gasteiger partial charge in [-0.15, -0.1) is 11.3 Å². The molecule has 2 N–H and O–H groups in total. The predicted molar refractivity (Wildman–Crippen MR) is 97.8 cm³/mol. The van der Waals surface area contributed by atoms with Gasteiger partial charge in [0, 0.05) is 11.4 Å². The van der Waals surface area contributed by atoms with Gasteiger partial charge in [0.15, 0.2) is 0 Å². The van der Waals surface area contributed by atoms with E-state index in [9.17, 15) is 12.8 Å². The van der Waals surface area contributed by atoms with E-state index < -0.39 is 10.0 Å². The first kappa shape index (κ1) is 17.4. The average Bonchev–Trinajstić information content (AvgIpc) is 3.03. The lowest BCUT2D eigenvalue weighted by Crippen LogP contribution is -2.11. The third-order valence-corrected chi connectivity index (χ3v) is 6.26. The second-order valence-corrected chi connectivity index (χ2v) is 8.58. The molecule has 0 saturated heterocycles. The molecule has 0 aliphatic carbocycles. The molecule has 0 aliphatic heterocycles. The molecule has 5 nitrogen and oxygen atoms in total. The highest BCUT2D eigenvalue weighted by Gasteiger charge is 2.16. The van der Waals surface area contributed by atoms with E-state index in [-0.39, 0.29) is 10.0 Å². The number of hydrogen-bond acceptors (Lipinski definition) is 5. The molecule has 130 valence electrons. The average molecular weight is 377 g/mol. The number of nitrogens with zero attached hydrogens (tertiary/aromatic N) is 1. The number of hydrogen-bond donors (Lipinski definition) is 2. The third-order valence-electron chi connectivity index (χ3n) is 3.38. The molecular formula is C17H16FN3O2S2. The maximum Gasteiger partial charge on any atom is 0.271 e. The lowest BCUT2D eigenvalue weighted by atomic mass is 10.2. The summed E-state index contributed by atoms with van der Waals surface area (Å²) < 4.78 is 40.2. The van der Waals surface area contributed by atoms with Gasteiger partial charge in [-0.2, -0.15) is 0 Å². The van der Waals surface area contributed by atoms with E-state index in [1.807, 2.05) is 6.92 Å². The van der Waals surface area contributed by atoms with Crippen molar-refractivity contribution < 1.29 is 12.8 Å². The number of aryl methyl sites for hydroxylation is 1. The Hall–Kier alpha value is -2.45. The van der Waals surface area contributed by atoms with Crippen molar-refractivity contribution in [3.8, 4) is 0 Å². The minimum absolute atomic E-state index is 0.267. The monoisotopic (exact) mass is 377 g/mol. The summed E-state index contributed by atoms with van der Waals surface area (Å²) in [5, 5.41) is 3.10. The van der Waals surface area contributed by atoms with Crippen molar-refractivity contribution in [2.75, 3.05) is 10.0 Å². The number of aromatic nitrogens is 1. The zero-order chi connectivity index (χ0) is 17.9. The summed E-state index contributed by atoms with van der Waals surface area (Å²) in [7, 11) is -3.59. The molecule has 0 radical (unpaired) electrons. The normalized spacial score (nSPS) is 11.3. The molecule has 0 spiro atoms. The molecule has 0 atom stereocenters. The lowest BCUT2D eigenvalue weighted by molar-refractivity contribution is 0.603. The Kier molecular flexibility index (Phi) is 5.00. The third kappa shape index (κ3) is 4.55. The fourth-order valence-corrected chi connectivity index (χ4v) is 4.44. The summed E-state index contributed by atoms with van der Waals surface area (Å²) in [6.45, 7) is 2.35. The van der Waals surface area contributed by atoms with Crippen LogP contribution in [0.4, 0.5) is 15.9 Å². The Balaban J connectivity index is 1.63. The second kappa shape index (κ2) is 7.20. The highest BCUT2D eigenvalue weighted by atomic mass is 32.2. The first-order valence-electron chi connectivity index (χ1n) is 7.46. The molecule has 0 bridgehead atoms. The SMILES string of the molecule is Cc1ccc(S(=O)(=O)Nc2ccc(NCc3ccc(F)cc3)nc2)s1. The van der Waals surface area contributed by atoms with Crippen LogP contribution >= 0.6 is 11.3 Å². The number of thiophene rings is 1. The molecule has 8 heteroatoms. The summed E-state index contributed by atoms with van der Waals surface area (Å²) in [5.41, 5.74) is 1.31. The maximum atomic E-state index is 12.9. The summed E-state index contributed by atoms with van der Waals surface area (Å²) in [5.74, 6) is 0.318. The van der Waals surface area contributed by atoms with Crippen molar-refractivity contribution in [2.24, 2.45) is 0 Å². The second-order valence-electron chi connectivity index (χ2n) is 5.38. The zero-order valence-corrected chi connectivity index (χ0v) is 15.0. The molecule has 0 amide bonds. The van der Waals surface area contributed by atoms with Gasteiger partial charge < -0.3 is 5.32 Å². The van der Waals surface area contributed by atoms with Crippen molar-refractivity contribution in [2.45, 2.75) is 17.7 Å². The molecule has 2 aromatic heterocycles. The Bertz CT molecular complexity index is 952. The molecule has 0 fully saturated rings. The van der Waals surface area contributed by atoms with Crippen LogP contribution in [-0.2, 0) is 16.6 Å². The molecule has 1 aromatic carbocycles. The van der Waals surface area contributed by atoms with E-state index in [1.165, 1.54) is 29.7 Å². The number of benzene rings is 1. The summed E-state index contributed by atoms with van der Waals surface area (Å²) in [6, 6.07) is 12.8. The standard InChI is InChI=1S/C17H16FN3O2S2/c1-12-2-9-17(24-12)25(22,23)21-15-7-8-16(20-11-15)19-10-13-3-5-14(18)6-4-13/h2-9,11,21H,10H2,1H3,(H,19,20). The maximum absolute atomic E-state index is 12.9. The number of sulfonamides is 1. The van der Waals surface area contributed by atoms with Crippen LogP contribution < -0.4 is 10.0 Å². The summed E-state index contributed by atoms with van der Waals surface area (Å²) in [6.07, 6.45) is 1.45. The van der Waals surface area contributed by atoms with Crippen molar-refractivity contribution in [1.82, 2.24) is 4.98 Å². The van der Waals surface area contributed by atoms with Gasteiger partial charge in [0.1, 0.15) is 15.8 Å². The molecular weight excluding hydrogens is 361 g/mol. The minimum Gasteiger partial charge on any atom is -0.366 e. The van der Waals surface area contributed by atoms with E-state index in [4.69, 9.17) is 0 Å². The van der Waals surface area contributed by atoms with Crippen LogP contribution in [0.5, 0.6) is 0 Å². The van der Waals surface area contributed by atoms with Crippen molar-refractivity contribution in [3.63, 3.8) is 0 Å². The molecule has 0 saturated carbocycles. The van der Waals surface area contributed by atoms with Crippen molar-refractivity contribution in [3.05, 3.63) is 71.0 Å². The molecule has 3 rings (SSSR count). The first-order chi connectivity index (χ1) is 11.9. The topological polar surface area (TPSA) is 71.1 Å². The van der Waals surface area contributed by atoms with Gasteiger partial charge in [-0.1, -0.05) is 12.1 Å². The predicted octanol–water partition coefficient (Wildman–Crippen LogP) is 4.00. The number of nitrogens with one attached hydrogen (secondary N) is 2. The van der Waals surface area contributed by atoms with E-state index in [1.54, 1.807) is 36.4 Å². The number of anilines is 2. The Labute approximate surface area is 149 Å². The minimum atomic E-state index is -3.59. The molecule has 0 unspecified atom stereocenters. The van der Waals surface area contributed by atoms with Gasteiger partial charge in [0.25, 0.3) is 10.0 Å². The van der Waals surface area contributed by atoms with Crippen LogP contribution in [-0.4, -0.2) is 13.4 Å². The fraction of sp³-hybridized carbons (Fsp3) is 0.118. The quantitative estimate of drug-likeness (QED) is 0.681. The largest absolute Gasteiger partial charge is 0.366 e. The van der Waals surface area contributed by atoms with Crippen molar-refractivity contribution in [1.29, 1.82) is 0 Å². The number of pyridine rings is 1. The first-order valence-corrected chi connectivity index (χ1v) is 9.76. The smallest absolute Gasteiger partial charge is 0.271 e. The van der Waals surface area contributed by atoms with Crippen molar-refractivity contribution >= 4 is 32.9 Å².